The van der Waals surface area contributed by atoms with Gasteiger partial charge in [0.05, 0.1) is 6.61 Å². The molecule has 0 aliphatic heterocycles. The molecule has 0 saturated carbocycles. The highest BCUT2D eigenvalue weighted by molar-refractivity contribution is 8.00. The summed E-state index contributed by atoms with van der Waals surface area (Å²) in [5, 5.41) is -0.195. The molecule has 3 nitrogen and oxygen atoms in total. The number of methoxy groups -OCH3 is 1. The minimum atomic E-state index is -0.203. The summed E-state index contributed by atoms with van der Waals surface area (Å²) in [7, 11) is 1.58. The van der Waals surface area contributed by atoms with Crippen LogP contribution in [0.15, 0.2) is 35.2 Å². The van der Waals surface area contributed by atoms with E-state index in [1.165, 1.54) is 11.8 Å². The molecule has 0 heterocycles. The Morgan fingerprint density at radius 3 is 2.62 bits per heavy atom. The average molecular weight is 240 g/mol. The van der Waals surface area contributed by atoms with Crippen LogP contribution in [0.3, 0.4) is 0 Å². The molecule has 0 bridgehead atoms. The van der Waals surface area contributed by atoms with Crippen molar-refractivity contribution in [1.29, 1.82) is 0 Å². The molecule has 88 valence electrons. The van der Waals surface area contributed by atoms with Gasteiger partial charge in [0.2, 0.25) is 0 Å². The SMILES string of the molecule is COCCOC(=O)C(C)Sc1ccccc1. The van der Waals surface area contributed by atoms with Crippen molar-refractivity contribution < 1.29 is 14.3 Å². The normalized spacial score (nSPS) is 12.1. The largest absolute Gasteiger partial charge is 0.462 e. The molecule has 0 radical (unpaired) electrons. The van der Waals surface area contributed by atoms with Gasteiger partial charge in [0.1, 0.15) is 11.9 Å². The summed E-state index contributed by atoms with van der Waals surface area (Å²) in [5.74, 6) is -0.203. The van der Waals surface area contributed by atoms with E-state index in [9.17, 15) is 4.79 Å². The van der Waals surface area contributed by atoms with Crippen LogP contribution in [0.25, 0.3) is 0 Å². The van der Waals surface area contributed by atoms with Gasteiger partial charge in [-0.1, -0.05) is 18.2 Å². The lowest BCUT2D eigenvalue weighted by Gasteiger charge is -2.10. The molecular weight excluding hydrogens is 224 g/mol. The second-order valence-corrected chi connectivity index (χ2v) is 4.65. The molecule has 1 rings (SSSR count). The Hall–Kier alpha value is -1.00. The maximum absolute atomic E-state index is 11.5. The zero-order valence-corrected chi connectivity index (χ0v) is 10.3. The number of ether oxygens (including phenoxy) is 2. The number of thioether (sulfide) groups is 1. The lowest BCUT2D eigenvalue weighted by molar-refractivity contribution is -0.143. The summed E-state index contributed by atoms with van der Waals surface area (Å²) in [5.41, 5.74) is 0. The van der Waals surface area contributed by atoms with Crippen LogP contribution in [0, 0.1) is 0 Å². The fourth-order valence-electron chi connectivity index (χ4n) is 1.09. The Morgan fingerprint density at radius 1 is 1.31 bits per heavy atom. The maximum atomic E-state index is 11.5. The monoisotopic (exact) mass is 240 g/mol. The van der Waals surface area contributed by atoms with E-state index in [1.54, 1.807) is 7.11 Å². The van der Waals surface area contributed by atoms with Crippen molar-refractivity contribution in [2.75, 3.05) is 20.3 Å². The lowest BCUT2D eigenvalue weighted by Crippen LogP contribution is -2.19. The molecule has 1 aromatic carbocycles. The molecule has 1 aromatic rings. The van der Waals surface area contributed by atoms with E-state index in [-0.39, 0.29) is 11.2 Å². The smallest absolute Gasteiger partial charge is 0.319 e. The Balaban J connectivity index is 2.34. The molecule has 0 N–H and O–H groups in total. The van der Waals surface area contributed by atoms with Crippen molar-refractivity contribution in [2.24, 2.45) is 0 Å². The standard InChI is InChI=1S/C12H16O3S/c1-10(12(13)15-9-8-14-2)16-11-6-4-3-5-7-11/h3-7,10H,8-9H2,1-2H3. The minimum absolute atomic E-state index is 0.195. The van der Waals surface area contributed by atoms with Gasteiger partial charge in [-0.3, -0.25) is 4.79 Å². The van der Waals surface area contributed by atoms with Crippen LogP contribution in [0.4, 0.5) is 0 Å². The van der Waals surface area contributed by atoms with E-state index >= 15 is 0 Å². The second-order valence-electron chi connectivity index (χ2n) is 3.23. The van der Waals surface area contributed by atoms with Crippen molar-refractivity contribution in [2.45, 2.75) is 17.1 Å². The highest BCUT2D eigenvalue weighted by atomic mass is 32.2. The number of hydrogen-bond donors (Lipinski definition) is 0. The van der Waals surface area contributed by atoms with Crippen LogP contribution in [0.2, 0.25) is 0 Å². The zero-order chi connectivity index (χ0) is 11.8. The molecule has 0 aliphatic carbocycles. The summed E-state index contributed by atoms with van der Waals surface area (Å²) >= 11 is 1.49. The van der Waals surface area contributed by atoms with Crippen molar-refractivity contribution in [3.63, 3.8) is 0 Å². The van der Waals surface area contributed by atoms with E-state index in [0.29, 0.717) is 13.2 Å². The predicted octanol–water partition coefficient (Wildman–Crippen LogP) is 2.36. The molecule has 0 aromatic heterocycles. The first kappa shape index (κ1) is 13.1. The third-order valence-electron chi connectivity index (χ3n) is 1.92. The summed E-state index contributed by atoms with van der Waals surface area (Å²) < 4.78 is 9.84. The van der Waals surface area contributed by atoms with Crippen molar-refractivity contribution in [3.05, 3.63) is 30.3 Å². The second kappa shape index (κ2) is 7.30. The van der Waals surface area contributed by atoms with Crippen molar-refractivity contribution >= 4 is 17.7 Å². The highest BCUT2D eigenvalue weighted by Gasteiger charge is 2.15. The number of esters is 1. The summed E-state index contributed by atoms with van der Waals surface area (Å²) in [6.45, 7) is 2.59. The van der Waals surface area contributed by atoms with Crippen LogP contribution in [0.1, 0.15) is 6.92 Å². The molecule has 0 spiro atoms. The van der Waals surface area contributed by atoms with E-state index in [2.05, 4.69) is 0 Å². The van der Waals surface area contributed by atoms with Crippen molar-refractivity contribution in [3.8, 4) is 0 Å². The number of rotatable bonds is 6. The van der Waals surface area contributed by atoms with Crippen LogP contribution in [0.5, 0.6) is 0 Å². The fraction of sp³-hybridized carbons (Fsp3) is 0.417. The summed E-state index contributed by atoms with van der Waals surface area (Å²) in [4.78, 5) is 12.6. The van der Waals surface area contributed by atoms with Gasteiger partial charge in [0, 0.05) is 12.0 Å². The quantitative estimate of drug-likeness (QED) is 0.434. The molecule has 1 atom stereocenters. The molecule has 1 unspecified atom stereocenters. The molecule has 0 aliphatic rings. The third kappa shape index (κ3) is 4.68. The first-order valence-electron chi connectivity index (χ1n) is 5.11. The van der Waals surface area contributed by atoms with Gasteiger partial charge in [-0.2, -0.15) is 0 Å². The van der Waals surface area contributed by atoms with Gasteiger partial charge in [-0.15, -0.1) is 11.8 Å². The number of carbonyl (C=O) groups excluding carboxylic acids is 1. The lowest BCUT2D eigenvalue weighted by atomic mass is 10.4. The van der Waals surface area contributed by atoms with E-state index in [0.717, 1.165) is 4.90 Å². The zero-order valence-electron chi connectivity index (χ0n) is 9.51. The minimum Gasteiger partial charge on any atom is -0.462 e. The van der Waals surface area contributed by atoms with Gasteiger partial charge >= 0.3 is 5.97 Å². The Morgan fingerprint density at radius 2 is 2.00 bits per heavy atom. The van der Waals surface area contributed by atoms with E-state index in [4.69, 9.17) is 9.47 Å². The third-order valence-corrected chi connectivity index (χ3v) is 3.01. The number of hydrogen-bond acceptors (Lipinski definition) is 4. The Labute approximate surface area is 100 Å². The summed E-state index contributed by atoms with van der Waals surface area (Å²) in [6.07, 6.45) is 0. The number of carbonyl (C=O) groups is 1. The van der Waals surface area contributed by atoms with Crippen LogP contribution in [-0.2, 0) is 14.3 Å². The van der Waals surface area contributed by atoms with Crippen LogP contribution >= 0.6 is 11.8 Å². The first-order valence-corrected chi connectivity index (χ1v) is 5.99. The highest BCUT2D eigenvalue weighted by Crippen LogP contribution is 2.23. The molecular formula is C12H16O3S. The predicted molar refractivity (Wildman–Crippen MR) is 64.6 cm³/mol. The molecule has 0 amide bonds. The van der Waals surface area contributed by atoms with Crippen LogP contribution in [-0.4, -0.2) is 31.5 Å². The fourth-order valence-corrected chi connectivity index (χ4v) is 1.98. The maximum Gasteiger partial charge on any atom is 0.319 e. The first-order chi connectivity index (χ1) is 7.74. The molecule has 0 saturated heterocycles. The Kier molecular flexibility index (Phi) is 5.96. The van der Waals surface area contributed by atoms with Crippen molar-refractivity contribution in [1.82, 2.24) is 0 Å². The molecule has 16 heavy (non-hydrogen) atoms. The van der Waals surface area contributed by atoms with Gasteiger partial charge < -0.3 is 9.47 Å². The van der Waals surface area contributed by atoms with Gasteiger partial charge in [0.15, 0.2) is 0 Å². The van der Waals surface area contributed by atoms with Crippen LogP contribution < -0.4 is 0 Å². The van der Waals surface area contributed by atoms with E-state index in [1.807, 2.05) is 37.3 Å². The molecule has 4 heteroatoms. The summed E-state index contributed by atoms with van der Waals surface area (Å²) in [6, 6.07) is 9.80. The van der Waals surface area contributed by atoms with Gasteiger partial charge in [-0.05, 0) is 19.1 Å². The van der Waals surface area contributed by atoms with Gasteiger partial charge in [0.25, 0.3) is 0 Å². The molecule has 0 fully saturated rings. The van der Waals surface area contributed by atoms with E-state index < -0.39 is 0 Å². The topological polar surface area (TPSA) is 35.5 Å². The average Bonchev–Trinajstić information content (AvgIpc) is 2.30. The number of benzene rings is 1. The van der Waals surface area contributed by atoms with Gasteiger partial charge in [-0.25, -0.2) is 0 Å². The Bertz CT molecular complexity index is 313.